The largest absolute Gasteiger partial charge is 0.349 e. The van der Waals surface area contributed by atoms with Crippen LogP contribution in [0.3, 0.4) is 0 Å². The lowest BCUT2D eigenvalue weighted by Crippen LogP contribution is -2.46. The molecule has 0 bridgehead atoms. The van der Waals surface area contributed by atoms with Crippen LogP contribution in [0.4, 0.5) is 8.78 Å². The number of nitrogens with zero attached hydrogens (tertiary/aromatic N) is 3. The first-order valence-electron chi connectivity index (χ1n) is 11.5. The second-order valence-corrected chi connectivity index (χ2v) is 9.11. The lowest BCUT2D eigenvalue weighted by atomic mass is 9.88. The van der Waals surface area contributed by atoms with Crippen LogP contribution in [-0.2, 0) is 0 Å². The number of likely N-dealkylation sites (tertiary alicyclic amines) is 1. The van der Waals surface area contributed by atoms with Crippen LogP contribution in [0.25, 0.3) is 5.69 Å². The number of benzene rings is 1. The molecule has 1 aliphatic heterocycles. The Balaban J connectivity index is 1.37. The maximum absolute atomic E-state index is 14.2. The molecule has 1 aliphatic carbocycles. The van der Waals surface area contributed by atoms with Crippen molar-refractivity contribution in [2.24, 2.45) is 5.92 Å². The molecule has 168 valence electrons. The molecule has 1 saturated carbocycles. The van der Waals surface area contributed by atoms with Gasteiger partial charge in [-0.15, -0.1) is 0 Å². The van der Waals surface area contributed by atoms with Crippen LogP contribution in [0.2, 0.25) is 0 Å². The Labute approximate surface area is 182 Å². The van der Waals surface area contributed by atoms with Gasteiger partial charge in [0.1, 0.15) is 11.5 Å². The van der Waals surface area contributed by atoms with E-state index in [1.165, 1.54) is 55.5 Å². The fraction of sp³-hybridized carbons (Fsp3) is 0.583. The van der Waals surface area contributed by atoms with Gasteiger partial charge in [-0.1, -0.05) is 19.3 Å². The summed E-state index contributed by atoms with van der Waals surface area (Å²) in [6.07, 6.45) is 8.71. The van der Waals surface area contributed by atoms with E-state index >= 15 is 0 Å². The van der Waals surface area contributed by atoms with Crippen molar-refractivity contribution < 1.29 is 13.6 Å². The van der Waals surface area contributed by atoms with Gasteiger partial charge in [0.05, 0.1) is 17.0 Å². The van der Waals surface area contributed by atoms with Crippen molar-refractivity contribution in [3.63, 3.8) is 0 Å². The van der Waals surface area contributed by atoms with Crippen molar-refractivity contribution in [3.05, 3.63) is 46.8 Å². The maximum atomic E-state index is 14.2. The number of hydrogen-bond donors (Lipinski definition) is 1. The van der Waals surface area contributed by atoms with E-state index in [-0.39, 0.29) is 17.6 Å². The number of hydrogen-bond acceptors (Lipinski definition) is 3. The Morgan fingerprint density at radius 1 is 1.10 bits per heavy atom. The van der Waals surface area contributed by atoms with Crippen molar-refractivity contribution in [1.29, 1.82) is 0 Å². The number of aryl methyl sites for hydroxylation is 1. The zero-order valence-corrected chi connectivity index (χ0v) is 18.5. The first kappa shape index (κ1) is 21.9. The number of carbonyl (C=O) groups is 1. The molecule has 0 spiro atoms. The zero-order valence-electron chi connectivity index (χ0n) is 18.5. The molecule has 4 rings (SSSR count). The van der Waals surface area contributed by atoms with Crippen molar-refractivity contribution in [1.82, 2.24) is 20.0 Å². The van der Waals surface area contributed by atoms with Crippen LogP contribution in [0.5, 0.6) is 0 Å². The van der Waals surface area contributed by atoms with Crippen LogP contribution >= 0.6 is 0 Å². The highest BCUT2D eigenvalue weighted by Gasteiger charge is 2.26. The molecule has 31 heavy (non-hydrogen) atoms. The first-order chi connectivity index (χ1) is 14.9. The monoisotopic (exact) mass is 430 g/mol. The number of amides is 1. The van der Waals surface area contributed by atoms with E-state index in [1.807, 2.05) is 0 Å². The predicted octanol–water partition coefficient (Wildman–Crippen LogP) is 4.54. The lowest BCUT2D eigenvalue weighted by Gasteiger charge is -2.35. The Morgan fingerprint density at radius 2 is 1.81 bits per heavy atom. The molecule has 1 amide bonds. The van der Waals surface area contributed by atoms with Gasteiger partial charge in [-0.3, -0.25) is 4.79 Å². The quantitative estimate of drug-likeness (QED) is 0.758. The van der Waals surface area contributed by atoms with Gasteiger partial charge in [-0.2, -0.15) is 5.10 Å². The van der Waals surface area contributed by atoms with Crippen molar-refractivity contribution in [2.45, 2.75) is 64.8 Å². The molecule has 2 aromatic rings. The Morgan fingerprint density at radius 3 is 2.48 bits per heavy atom. The van der Waals surface area contributed by atoms with Crippen molar-refractivity contribution >= 4 is 5.91 Å². The number of piperidine rings is 1. The summed E-state index contributed by atoms with van der Waals surface area (Å²) in [5.41, 5.74) is 1.69. The minimum absolute atomic E-state index is 0.136. The second kappa shape index (κ2) is 9.47. The van der Waals surface area contributed by atoms with Gasteiger partial charge in [0.15, 0.2) is 5.82 Å². The average Bonchev–Trinajstić information content (AvgIpc) is 3.04. The summed E-state index contributed by atoms with van der Waals surface area (Å²) < 4.78 is 28.9. The van der Waals surface area contributed by atoms with Gasteiger partial charge in [0.2, 0.25) is 0 Å². The Kier molecular flexibility index (Phi) is 6.70. The molecule has 1 saturated heterocycles. The topological polar surface area (TPSA) is 50.2 Å². The highest BCUT2D eigenvalue weighted by molar-refractivity contribution is 5.96. The smallest absolute Gasteiger partial charge is 0.255 e. The zero-order chi connectivity index (χ0) is 22.0. The van der Waals surface area contributed by atoms with Gasteiger partial charge in [0.25, 0.3) is 5.91 Å². The number of nitrogens with one attached hydrogen (secondary N) is 1. The summed E-state index contributed by atoms with van der Waals surface area (Å²) in [6.45, 7) is 6.70. The van der Waals surface area contributed by atoms with Crippen molar-refractivity contribution in [3.8, 4) is 5.69 Å². The predicted molar refractivity (Wildman–Crippen MR) is 116 cm³/mol. The molecular formula is C24H32F2N4O. The molecule has 2 fully saturated rings. The third-order valence-electron chi connectivity index (χ3n) is 6.82. The van der Waals surface area contributed by atoms with Crippen LogP contribution < -0.4 is 5.32 Å². The molecule has 0 unspecified atom stereocenters. The van der Waals surface area contributed by atoms with E-state index in [2.05, 4.69) is 15.3 Å². The third kappa shape index (κ3) is 4.97. The molecule has 1 N–H and O–H groups in total. The normalized spacial score (nSPS) is 19.0. The third-order valence-corrected chi connectivity index (χ3v) is 6.82. The minimum atomic E-state index is -0.706. The summed E-state index contributed by atoms with van der Waals surface area (Å²) in [7, 11) is 0. The van der Waals surface area contributed by atoms with Crippen LogP contribution in [0.15, 0.2) is 18.2 Å². The minimum Gasteiger partial charge on any atom is -0.349 e. The number of rotatable bonds is 5. The SMILES string of the molecule is Cc1nn(-c2ccc(F)cc2F)c(C)c1C(=O)NC1CCN(CC2CCCCC2)CC1. The Hall–Kier alpha value is -2.28. The molecule has 5 nitrogen and oxygen atoms in total. The number of carbonyl (C=O) groups excluding carboxylic acids is 1. The summed E-state index contributed by atoms with van der Waals surface area (Å²) in [5, 5.41) is 7.50. The van der Waals surface area contributed by atoms with Crippen LogP contribution in [0, 0.1) is 31.4 Å². The highest BCUT2D eigenvalue weighted by Crippen LogP contribution is 2.26. The molecule has 7 heteroatoms. The fourth-order valence-corrected chi connectivity index (χ4v) is 5.11. The van der Waals surface area contributed by atoms with Gasteiger partial charge < -0.3 is 10.2 Å². The van der Waals surface area contributed by atoms with E-state index < -0.39 is 11.6 Å². The van der Waals surface area contributed by atoms with E-state index in [9.17, 15) is 13.6 Å². The summed E-state index contributed by atoms with van der Waals surface area (Å²) in [5.74, 6) is -0.684. The van der Waals surface area contributed by atoms with E-state index in [0.29, 0.717) is 17.0 Å². The molecule has 2 heterocycles. The van der Waals surface area contributed by atoms with Crippen molar-refractivity contribution in [2.75, 3.05) is 19.6 Å². The van der Waals surface area contributed by atoms with E-state index in [1.54, 1.807) is 13.8 Å². The van der Waals surface area contributed by atoms with Crippen LogP contribution in [0.1, 0.15) is 66.7 Å². The van der Waals surface area contributed by atoms with Gasteiger partial charge in [0, 0.05) is 31.7 Å². The summed E-state index contributed by atoms with van der Waals surface area (Å²) in [4.78, 5) is 15.6. The van der Waals surface area contributed by atoms with Gasteiger partial charge in [-0.25, -0.2) is 13.5 Å². The molecule has 0 atom stereocenters. The fourth-order valence-electron chi connectivity index (χ4n) is 5.11. The Bertz CT molecular complexity index is 928. The van der Waals surface area contributed by atoms with E-state index in [4.69, 9.17) is 0 Å². The van der Waals surface area contributed by atoms with E-state index in [0.717, 1.165) is 37.9 Å². The lowest BCUT2D eigenvalue weighted by molar-refractivity contribution is 0.0900. The maximum Gasteiger partial charge on any atom is 0.255 e. The first-order valence-corrected chi connectivity index (χ1v) is 11.5. The second-order valence-electron chi connectivity index (χ2n) is 9.11. The average molecular weight is 431 g/mol. The summed E-state index contributed by atoms with van der Waals surface area (Å²) >= 11 is 0. The van der Waals surface area contributed by atoms with Gasteiger partial charge in [-0.05, 0) is 57.6 Å². The molecule has 1 aromatic carbocycles. The number of halogens is 2. The van der Waals surface area contributed by atoms with Gasteiger partial charge >= 0.3 is 0 Å². The molecule has 1 aromatic heterocycles. The molecular weight excluding hydrogens is 398 g/mol. The standard InChI is InChI=1S/C24H32F2N4O/c1-16-23(17(2)30(28-16)22-9-8-19(25)14-21(22)26)24(31)27-20-10-12-29(13-11-20)15-18-6-4-3-5-7-18/h8-9,14,18,20H,3-7,10-13,15H2,1-2H3,(H,27,31). The highest BCUT2D eigenvalue weighted by atomic mass is 19.1. The number of aromatic nitrogens is 2. The molecule has 2 aliphatic rings. The summed E-state index contributed by atoms with van der Waals surface area (Å²) in [6, 6.07) is 3.50. The van der Waals surface area contributed by atoms with Crippen LogP contribution in [-0.4, -0.2) is 46.3 Å². The molecule has 0 radical (unpaired) electrons.